The first kappa shape index (κ1) is 41.0. The molecule has 4 heterocycles. The number of aryl methyl sites for hydroxylation is 1. The van der Waals surface area contributed by atoms with Gasteiger partial charge in [-0.05, 0) is 77.4 Å². The summed E-state index contributed by atoms with van der Waals surface area (Å²) in [5.74, 6) is 2.22. The molecule has 0 aliphatic rings. The van der Waals surface area contributed by atoms with Crippen LogP contribution >= 0.6 is 0 Å². The van der Waals surface area contributed by atoms with Crippen LogP contribution < -0.4 is 5.19 Å². The number of hydrogen-bond donors (Lipinski definition) is 0. The minimum atomic E-state index is -1.34. The summed E-state index contributed by atoms with van der Waals surface area (Å²) in [5, 5.41) is 3.53. The van der Waals surface area contributed by atoms with Gasteiger partial charge >= 0.3 is 0 Å². The average molecular weight is 933 g/mol. The van der Waals surface area contributed by atoms with E-state index in [1.165, 1.54) is 27.6 Å². The van der Waals surface area contributed by atoms with Gasteiger partial charge in [-0.3, -0.25) is 4.98 Å². The summed E-state index contributed by atoms with van der Waals surface area (Å²) in [7, 11) is -1.34. The summed E-state index contributed by atoms with van der Waals surface area (Å²) >= 11 is 0. The zero-order valence-corrected chi connectivity index (χ0v) is 37.7. The van der Waals surface area contributed by atoms with Gasteiger partial charge in [0.2, 0.25) is 5.71 Å². The molecule has 8 rings (SSSR count). The smallest absolute Gasteiger partial charge is 0.216 e. The fraction of sp³-hybridized carbons (Fsp3) is 0.286. The van der Waals surface area contributed by atoms with Crippen LogP contribution in [0, 0.1) is 25.0 Å². The molecule has 0 unspecified atom stereocenters. The Balaban J connectivity index is 0.000000217. The number of pyridine rings is 2. The maximum absolute atomic E-state index is 6.37. The van der Waals surface area contributed by atoms with E-state index in [0.717, 1.165) is 62.1 Å². The third kappa shape index (κ3) is 8.22. The van der Waals surface area contributed by atoms with Gasteiger partial charge in [0.25, 0.3) is 0 Å². The number of furan rings is 1. The zero-order valence-electron chi connectivity index (χ0n) is 34.3. The van der Waals surface area contributed by atoms with Crippen molar-refractivity contribution in [3.05, 3.63) is 138 Å². The Hall–Kier alpha value is -4.68. The number of fused-ring (bicyclic) bond motifs is 4. The minimum absolute atomic E-state index is 0. The van der Waals surface area contributed by atoms with Crippen LogP contribution in [-0.2, 0) is 26.5 Å². The van der Waals surface area contributed by atoms with Gasteiger partial charge in [-0.25, -0.2) is 4.98 Å². The summed E-state index contributed by atoms with van der Waals surface area (Å²) in [5.41, 5.74) is 12.6. The fourth-order valence-corrected chi connectivity index (χ4v) is 9.14. The van der Waals surface area contributed by atoms with Crippen molar-refractivity contribution in [2.75, 3.05) is 0 Å². The number of benzene rings is 4. The van der Waals surface area contributed by atoms with Crippen LogP contribution in [0.3, 0.4) is 0 Å². The van der Waals surface area contributed by atoms with Gasteiger partial charge in [-0.15, -0.1) is 54.1 Å². The molecule has 0 amide bonds. The van der Waals surface area contributed by atoms with Gasteiger partial charge in [-0.1, -0.05) is 114 Å². The van der Waals surface area contributed by atoms with Gasteiger partial charge in [0.15, 0.2) is 0 Å². The van der Waals surface area contributed by atoms with Crippen molar-refractivity contribution >= 4 is 46.4 Å². The average Bonchev–Trinajstić information content (AvgIpc) is 3.72. The minimum Gasteiger partial charge on any atom is -0.486 e. The van der Waals surface area contributed by atoms with Crippen molar-refractivity contribution in [3.63, 3.8) is 0 Å². The number of imidazole rings is 1. The summed E-state index contributed by atoms with van der Waals surface area (Å²) in [6.07, 6.45) is 3.24. The van der Waals surface area contributed by atoms with Crippen LogP contribution in [0.5, 0.6) is 0 Å². The van der Waals surface area contributed by atoms with Crippen molar-refractivity contribution in [3.8, 4) is 28.3 Å². The fourth-order valence-electron chi connectivity index (χ4n) is 7.55. The van der Waals surface area contributed by atoms with E-state index in [4.69, 9.17) is 9.40 Å². The van der Waals surface area contributed by atoms with Gasteiger partial charge in [-0.2, -0.15) is 0 Å². The van der Waals surface area contributed by atoms with Gasteiger partial charge in [0.1, 0.15) is 0 Å². The molecule has 1 radical (unpaired) electrons. The first-order valence-electron chi connectivity index (χ1n) is 19.6. The summed E-state index contributed by atoms with van der Waals surface area (Å²) in [6, 6.07) is 40.2. The van der Waals surface area contributed by atoms with Crippen LogP contribution in [0.4, 0.5) is 0 Å². The van der Waals surface area contributed by atoms with E-state index in [2.05, 4.69) is 155 Å². The molecule has 5 nitrogen and oxygen atoms in total. The molecule has 0 aliphatic heterocycles. The molecule has 289 valence electrons. The largest absolute Gasteiger partial charge is 0.486 e. The molecule has 0 aliphatic carbocycles. The van der Waals surface area contributed by atoms with E-state index in [1.54, 1.807) is 0 Å². The van der Waals surface area contributed by atoms with E-state index >= 15 is 0 Å². The van der Waals surface area contributed by atoms with E-state index in [0.29, 0.717) is 23.5 Å². The van der Waals surface area contributed by atoms with Crippen molar-refractivity contribution in [1.29, 1.82) is 0 Å². The summed E-state index contributed by atoms with van der Waals surface area (Å²) in [4.78, 5) is 14.5. The van der Waals surface area contributed by atoms with E-state index in [-0.39, 0.29) is 20.1 Å². The molecule has 56 heavy (non-hydrogen) atoms. The second-order valence-corrected chi connectivity index (χ2v) is 21.7. The number of rotatable bonds is 8. The van der Waals surface area contributed by atoms with Gasteiger partial charge < -0.3 is 14.0 Å². The standard InChI is InChI=1S/C31H28N3O.C18H24NSi.Ir/c1-18(2)21-10-8-11-22(19(3)4)28(21)34-27-15-7-6-14-26(27)33-30(34)25-13-9-12-23-24-17-16-20(5)32-31(24)35-29(23)25;1-14(2)11-16-12-17(15-9-7-6-8-10-15)19-13-18(16)20(3,4)5;/h6-12,14-19H,1-5H3;6-9,12-14H,11H2,1-5H3;/q2*-1;. The predicted octanol–water partition coefficient (Wildman–Crippen LogP) is 12.6. The third-order valence-corrected chi connectivity index (χ3v) is 12.3. The van der Waals surface area contributed by atoms with Crippen LogP contribution in [0.1, 0.15) is 75.8 Å². The first-order chi connectivity index (χ1) is 26.3. The number of aromatic nitrogens is 4. The summed E-state index contributed by atoms with van der Waals surface area (Å²) < 4.78 is 8.68. The monoisotopic (exact) mass is 933 g/mol. The molecule has 7 heteroatoms. The quantitative estimate of drug-likeness (QED) is 0.113. The molecule has 0 spiro atoms. The van der Waals surface area contributed by atoms with Crippen LogP contribution in [-0.4, -0.2) is 27.6 Å². The molecule has 0 atom stereocenters. The van der Waals surface area contributed by atoms with Gasteiger partial charge in [0.05, 0.1) is 30.5 Å². The van der Waals surface area contributed by atoms with Crippen LogP contribution in [0.25, 0.3) is 61.4 Å². The second-order valence-electron chi connectivity index (χ2n) is 16.7. The van der Waals surface area contributed by atoms with Crippen molar-refractivity contribution in [1.82, 2.24) is 19.5 Å². The molecule has 0 fully saturated rings. The SMILES string of the molecule is CC(C)Cc1cc(-c2[c-]cccc2)ncc1[Si](C)(C)C.Cc1ccc2c(n1)oc1c(-c3nc4ccccc4n3-c3c(C(C)C)cccc3C(C)C)[c-]ccc12.[Ir]. The van der Waals surface area contributed by atoms with Gasteiger partial charge in [0, 0.05) is 43.1 Å². The van der Waals surface area contributed by atoms with E-state index in [9.17, 15) is 0 Å². The molecule has 0 saturated carbocycles. The van der Waals surface area contributed by atoms with Crippen LogP contribution in [0.15, 0.2) is 108 Å². The Labute approximate surface area is 347 Å². The van der Waals surface area contributed by atoms with Crippen molar-refractivity contribution in [2.24, 2.45) is 5.92 Å². The number of para-hydroxylation sites is 3. The molecule has 0 bridgehead atoms. The maximum Gasteiger partial charge on any atom is 0.216 e. The topological polar surface area (TPSA) is 56.7 Å². The normalized spacial score (nSPS) is 11.8. The van der Waals surface area contributed by atoms with Crippen molar-refractivity contribution in [2.45, 2.75) is 86.4 Å². The van der Waals surface area contributed by atoms with E-state index < -0.39 is 8.07 Å². The molecule has 4 aromatic carbocycles. The third-order valence-electron chi connectivity index (χ3n) is 10.2. The molecule has 0 N–H and O–H groups in total. The molecular formula is C49H52IrN4OSi-2. The number of nitrogens with zero attached hydrogens (tertiary/aromatic N) is 4. The predicted molar refractivity (Wildman–Crippen MR) is 233 cm³/mol. The zero-order chi connectivity index (χ0) is 39.0. The molecular weight excluding hydrogens is 881 g/mol. The van der Waals surface area contributed by atoms with Crippen LogP contribution in [0.2, 0.25) is 19.6 Å². The summed E-state index contributed by atoms with van der Waals surface area (Å²) in [6.45, 7) is 22.7. The molecule has 4 aromatic heterocycles. The maximum atomic E-state index is 6.37. The Morgan fingerprint density at radius 1 is 0.750 bits per heavy atom. The van der Waals surface area contributed by atoms with E-state index in [1.807, 2.05) is 43.3 Å². The van der Waals surface area contributed by atoms with Crippen molar-refractivity contribution < 1.29 is 24.5 Å². The second kappa shape index (κ2) is 16.8. The first-order valence-corrected chi connectivity index (χ1v) is 23.1. The molecule has 8 aromatic rings. The Bertz CT molecular complexity index is 2590. The Kier molecular flexibility index (Phi) is 12.3. The number of hydrogen-bond acceptors (Lipinski definition) is 4. The molecule has 0 saturated heterocycles. The Morgan fingerprint density at radius 2 is 1.46 bits per heavy atom. The Morgan fingerprint density at radius 3 is 2.12 bits per heavy atom.